The first kappa shape index (κ1) is 26.8. The molecule has 0 bridgehead atoms. The van der Waals surface area contributed by atoms with Gasteiger partial charge in [0, 0.05) is 16.5 Å². The number of fused-ring (bicyclic) bond motifs is 13. The molecule has 0 aromatic heterocycles. The van der Waals surface area contributed by atoms with E-state index in [1.165, 1.54) is 93.5 Å². The molecule has 0 radical (unpaired) electrons. The molecular weight excluding hydrogens is 567 g/mol. The molecule has 47 heavy (non-hydrogen) atoms. The number of hydrogen-bond donors (Lipinski definition) is 0. The molecule has 0 unspecified atom stereocenters. The highest BCUT2D eigenvalue weighted by Gasteiger charge is 2.45. The highest BCUT2D eigenvalue weighted by Crippen LogP contribution is 2.61. The van der Waals surface area contributed by atoms with Gasteiger partial charge in [-0.1, -0.05) is 137 Å². The molecule has 8 aromatic carbocycles. The molecule has 0 saturated heterocycles. The van der Waals surface area contributed by atoms with E-state index >= 15 is 0 Å². The fourth-order valence-corrected chi connectivity index (χ4v) is 9.06. The van der Waals surface area contributed by atoms with Crippen LogP contribution in [0.15, 0.2) is 140 Å². The van der Waals surface area contributed by atoms with Crippen LogP contribution < -0.4 is 4.90 Å². The summed E-state index contributed by atoms with van der Waals surface area (Å²) in [5.41, 5.74) is 11.7. The Labute approximate surface area is 275 Å². The van der Waals surface area contributed by atoms with Crippen LogP contribution in [0.4, 0.5) is 17.1 Å². The molecule has 0 amide bonds. The van der Waals surface area contributed by atoms with Gasteiger partial charge in [0.25, 0.3) is 0 Å². The first-order valence-electron chi connectivity index (χ1n) is 16.8. The summed E-state index contributed by atoms with van der Waals surface area (Å²) in [6, 6.07) is 52.4. The summed E-state index contributed by atoms with van der Waals surface area (Å²) in [5, 5.41) is 10.5. The summed E-state index contributed by atoms with van der Waals surface area (Å²) >= 11 is 0. The Balaban J connectivity index is 1.32. The smallest absolute Gasteiger partial charge is 0.0549 e. The topological polar surface area (TPSA) is 3.24 Å². The number of para-hydroxylation sites is 1. The largest absolute Gasteiger partial charge is 0.310 e. The van der Waals surface area contributed by atoms with Crippen LogP contribution >= 0.6 is 0 Å². The standard InChI is InChI=1S/C46H35N/c1-45(2)39-19-11-12-20-42(39)47(30-22-21-28-13-5-6-14-29(28)25-30)44-40(45)24-23-35-38-26-36-33-17-9-7-15-31(33)32-16-8-10-18-34(32)37(36)27-41(38)46(3,4)43(35)44/h5-27H,1-4H3. The number of benzene rings is 8. The minimum Gasteiger partial charge on any atom is -0.310 e. The number of nitrogens with zero attached hydrogens (tertiary/aromatic N) is 1. The van der Waals surface area contributed by atoms with Crippen molar-refractivity contribution in [3.63, 3.8) is 0 Å². The maximum atomic E-state index is 2.57. The molecule has 1 heteroatoms. The zero-order valence-electron chi connectivity index (χ0n) is 27.2. The van der Waals surface area contributed by atoms with Gasteiger partial charge >= 0.3 is 0 Å². The lowest BCUT2D eigenvalue weighted by molar-refractivity contribution is 0.617. The van der Waals surface area contributed by atoms with E-state index in [4.69, 9.17) is 0 Å². The van der Waals surface area contributed by atoms with Crippen molar-refractivity contribution >= 4 is 60.2 Å². The first-order chi connectivity index (χ1) is 22.8. The van der Waals surface area contributed by atoms with Gasteiger partial charge in [-0.25, -0.2) is 0 Å². The van der Waals surface area contributed by atoms with E-state index < -0.39 is 0 Å². The minimum absolute atomic E-state index is 0.156. The number of anilines is 3. The van der Waals surface area contributed by atoms with Gasteiger partial charge in [-0.05, 0) is 107 Å². The Morgan fingerprint density at radius 1 is 0.404 bits per heavy atom. The average molecular weight is 602 g/mol. The van der Waals surface area contributed by atoms with Crippen molar-refractivity contribution in [1.29, 1.82) is 0 Å². The normalized spacial score (nSPS) is 15.5. The van der Waals surface area contributed by atoms with Crippen LogP contribution in [0, 0.1) is 0 Å². The average Bonchev–Trinajstić information content (AvgIpc) is 3.33. The third kappa shape index (κ3) is 3.44. The Morgan fingerprint density at radius 3 is 1.72 bits per heavy atom. The zero-order valence-corrected chi connectivity index (χ0v) is 27.2. The van der Waals surface area contributed by atoms with Crippen LogP contribution in [0.3, 0.4) is 0 Å². The Kier molecular flexibility index (Phi) is 5.19. The molecule has 8 aromatic rings. The van der Waals surface area contributed by atoms with Gasteiger partial charge < -0.3 is 4.90 Å². The Morgan fingerprint density at radius 2 is 1.00 bits per heavy atom. The lowest BCUT2D eigenvalue weighted by atomic mass is 9.70. The molecule has 0 atom stereocenters. The summed E-state index contributed by atoms with van der Waals surface area (Å²) in [5.74, 6) is 0. The molecule has 2 aliphatic rings. The molecule has 0 saturated carbocycles. The van der Waals surface area contributed by atoms with Crippen molar-refractivity contribution in [3.05, 3.63) is 162 Å². The molecule has 0 fully saturated rings. The fraction of sp³-hybridized carbons (Fsp3) is 0.130. The van der Waals surface area contributed by atoms with E-state index in [1.807, 2.05) is 0 Å². The molecule has 0 N–H and O–H groups in total. The van der Waals surface area contributed by atoms with E-state index in [-0.39, 0.29) is 10.8 Å². The Bertz CT molecular complexity index is 2640. The van der Waals surface area contributed by atoms with Crippen LogP contribution in [0.2, 0.25) is 0 Å². The maximum Gasteiger partial charge on any atom is 0.0549 e. The van der Waals surface area contributed by atoms with Crippen molar-refractivity contribution in [2.45, 2.75) is 38.5 Å². The molecular formula is C46H35N. The van der Waals surface area contributed by atoms with Gasteiger partial charge in [-0.3, -0.25) is 0 Å². The lowest BCUT2D eigenvalue weighted by Gasteiger charge is -2.44. The molecule has 0 spiro atoms. The van der Waals surface area contributed by atoms with Gasteiger partial charge in [0.15, 0.2) is 0 Å². The summed E-state index contributed by atoms with van der Waals surface area (Å²) in [4.78, 5) is 2.57. The Hall–Kier alpha value is -5.40. The van der Waals surface area contributed by atoms with Gasteiger partial charge in [-0.2, -0.15) is 0 Å². The third-order valence-electron chi connectivity index (χ3n) is 11.4. The van der Waals surface area contributed by atoms with Crippen molar-refractivity contribution in [2.24, 2.45) is 0 Å². The molecule has 224 valence electrons. The zero-order chi connectivity index (χ0) is 31.7. The summed E-state index contributed by atoms with van der Waals surface area (Å²) in [7, 11) is 0. The minimum atomic E-state index is -0.214. The van der Waals surface area contributed by atoms with Gasteiger partial charge in [0.05, 0.1) is 11.4 Å². The van der Waals surface area contributed by atoms with Crippen molar-refractivity contribution in [1.82, 2.24) is 0 Å². The van der Waals surface area contributed by atoms with Crippen LogP contribution in [0.25, 0.3) is 54.2 Å². The van der Waals surface area contributed by atoms with Gasteiger partial charge in [-0.15, -0.1) is 0 Å². The second-order valence-corrected chi connectivity index (χ2v) is 14.6. The predicted octanol–water partition coefficient (Wildman–Crippen LogP) is 12.7. The molecule has 1 aliphatic carbocycles. The molecule has 1 aliphatic heterocycles. The maximum absolute atomic E-state index is 2.57. The summed E-state index contributed by atoms with van der Waals surface area (Å²) < 4.78 is 0. The van der Waals surface area contributed by atoms with Gasteiger partial charge in [0.1, 0.15) is 0 Å². The van der Waals surface area contributed by atoms with Gasteiger partial charge in [0.2, 0.25) is 0 Å². The van der Waals surface area contributed by atoms with Crippen molar-refractivity contribution < 1.29 is 0 Å². The van der Waals surface area contributed by atoms with E-state index in [0.717, 1.165) is 0 Å². The van der Waals surface area contributed by atoms with Crippen LogP contribution in [-0.2, 0) is 10.8 Å². The van der Waals surface area contributed by atoms with E-state index in [2.05, 4.69) is 172 Å². The van der Waals surface area contributed by atoms with Crippen LogP contribution in [0.5, 0.6) is 0 Å². The predicted molar refractivity (Wildman–Crippen MR) is 201 cm³/mol. The van der Waals surface area contributed by atoms with Crippen LogP contribution in [-0.4, -0.2) is 0 Å². The first-order valence-corrected chi connectivity index (χ1v) is 16.8. The molecule has 10 rings (SSSR count). The van der Waals surface area contributed by atoms with Crippen molar-refractivity contribution in [3.8, 4) is 11.1 Å². The number of rotatable bonds is 1. The number of hydrogen-bond acceptors (Lipinski definition) is 1. The monoisotopic (exact) mass is 601 g/mol. The third-order valence-corrected chi connectivity index (χ3v) is 11.4. The SMILES string of the molecule is CC1(C)c2ccccc2N(c2ccc3ccccc3c2)c2c1ccc1c2C(C)(C)c2cc3c4ccccc4c4ccccc4c3cc2-1. The molecule has 1 heterocycles. The highest BCUT2D eigenvalue weighted by molar-refractivity contribution is 6.26. The summed E-state index contributed by atoms with van der Waals surface area (Å²) in [6.07, 6.45) is 0. The van der Waals surface area contributed by atoms with E-state index in [1.54, 1.807) is 0 Å². The van der Waals surface area contributed by atoms with Crippen molar-refractivity contribution in [2.75, 3.05) is 4.90 Å². The fourth-order valence-electron chi connectivity index (χ4n) is 9.06. The van der Waals surface area contributed by atoms with E-state index in [9.17, 15) is 0 Å². The van der Waals surface area contributed by atoms with E-state index in [0.29, 0.717) is 0 Å². The molecule has 1 nitrogen and oxygen atoms in total. The lowest BCUT2D eigenvalue weighted by Crippen LogP contribution is -2.33. The second kappa shape index (κ2) is 9.11. The quantitative estimate of drug-likeness (QED) is 0.169. The highest BCUT2D eigenvalue weighted by atomic mass is 15.2. The van der Waals surface area contributed by atoms with Crippen LogP contribution in [0.1, 0.15) is 49.9 Å². The second-order valence-electron chi connectivity index (χ2n) is 14.6. The summed E-state index contributed by atoms with van der Waals surface area (Å²) in [6.45, 7) is 9.69.